The smallest absolute Gasteiger partial charge is 0.173 e. The molecule has 0 amide bonds. The van der Waals surface area contributed by atoms with Crippen LogP contribution in [0.25, 0.3) is 10.6 Å². The molecule has 146 valence electrons. The number of ketones is 1. The minimum atomic E-state index is -1.09. The molecule has 0 saturated heterocycles. The van der Waals surface area contributed by atoms with E-state index in [0.29, 0.717) is 29.0 Å². The Bertz CT molecular complexity index is 1030. The number of Topliss-reactive ketones (excluding diaryl/α,β-unsaturated/α-hetero) is 1. The molecule has 0 spiro atoms. The fourth-order valence-corrected chi connectivity index (χ4v) is 5.24. The minimum Gasteiger partial charge on any atom is -0.389 e. The van der Waals surface area contributed by atoms with Gasteiger partial charge in [0.2, 0.25) is 0 Å². The fraction of sp³-hybridized carbons (Fsp3) is 0.238. The molecule has 3 aromatic rings. The fourth-order valence-electron chi connectivity index (χ4n) is 3.87. The summed E-state index contributed by atoms with van der Waals surface area (Å²) in [5.41, 5.74) is 1.44. The van der Waals surface area contributed by atoms with Crippen molar-refractivity contribution >= 4 is 30.6 Å². The summed E-state index contributed by atoms with van der Waals surface area (Å²) in [6.07, 6.45) is 1.02. The van der Waals surface area contributed by atoms with Gasteiger partial charge in [-0.2, -0.15) is 13.5 Å². The predicted octanol–water partition coefficient (Wildman–Crippen LogP) is 4.30. The number of fused-ring (bicyclic) bond motifs is 1. The Morgan fingerprint density at radius 2 is 1.93 bits per heavy atom. The third kappa shape index (κ3) is 3.07. The Balaban J connectivity index is 0.00000225. The molecule has 1 heterocycles. The number of nitrogens with zero attached hydrogens (tertiary/aromatic N) is 1. The van der Waals surface area contributed by atoms with Crippen molar-refractivity contribution in [2.45, 2.75) is 25.2 Å². The lowest BCUT2D eigenvalue weighted by atomic mass is 9.74. The number of benzene rings is 2. The lowest BCUT2D eigenvalue weighted by molar-refractivity contribution is -0.125. The van der Waals surface area contributed by atoms with Crippen LogP contribution >= 0.6 is 24.8 Å². The second-order valence-corrected chi connectivity index (χ2v) is 7.70. The lowest BCUT2D eigenvalue weighted by Crippen LogP contribution is -2.37. The molecule has 0 saturated carbocycles. The van der Waals surface area contributed by atoms with Crippen molar-refractivity contribution in [3.63, 3.8) is 0 Å². The highest BCUT2D eigenvalue weighted by Crippen LogP contribution is 2.50. The van der Waals surface area contributed by atoms with Crippen LogP contribution in [0.3, 0.4) is 0 Å². The Hall–Kier alpha value is -2.09. The van der Waals surface area contributed by atoms with Crippen LogP contribution < -0.4 is 0 Å². The summed E-state index contributed by atoms with van der Waals surface area (Å²) in [4.78, 5) is 18.3. The van der Waals surface area contributed by atoms with Gasteiger partial charge in [-0.3, -0.25) is 4.79 Å². The lowest BCUT2D eigenvalue weighted by Gasteiger charge is -2.29. The van der Waals surface area contributed by atoms with Crippen molar-refractivity contribution in [3.05, 3.63) is 75.8 Å². The molecule has 1 N–H and O–H groups in total. The van der Waals surface area contributed by atoms with Crippen molar-refractivity contribution in [1.29, 1.82) is 0 Å². The van der Waals surface area contributed by atoms with Gasteiger partial charge in [0.1, 0.15) is 23.2 Å². The van der Waals surface area contributed by atoms with Gasteiger partial charge in [0, 0.05) is 10.4 Å². The minimum absolute atomic E-state index is 0. The third-order valence-electron chi connectivity index (χ3n) is 5.26. The maximum absolute atomic E-state index is 14.2. The van der Waals surface area contributed by atoms with Crippen LogP contribution in [-0.2, 0) is 16.6 Å². The maximum atomic E-state index is 14.2. The quantitative estimate of drug-likeness (QED) is 0.686. The van der Waals surface area contributed by atoms with Gasteiger partial charge in [-0.25, -0.2) is 13.8 Å². The molecule has 7 heteroatoms. The normalized spacial score (nSPS) is 17.9. The largest absolute Gasteiger partial charge is 0.389 e. The number of aliphatic hydroxyl groups excluding tert-OH is 1. The first-order chi connectivity index (χ1) is 13.0. The molecule has 0 fully saturated rings. The van der Waals surface area contributed by atoms with Gasteiger partial charge < -0.3 is 5.11 Å². The molecule has 1 atom stereocenters. The number of carbonyl (C=O) groups excluding carboxylic acids is 1. The van der Waals surface area contributed by atoms with Gasteiger partial charge in [-0.05, 0) is 61.2 Å². The zero-order chi connectivity index (χ0) is 19.2. The van der Waals surface area contributed by atoms with E-state index in [4.69, 9.17) is 0 Å². The van der Waals surface area contributed by atoms with E-state index in [1.54, 1.807) is 31.2 Å². The number of hydrogen-bond acceptors (Lipinski definition) is 4. The number of halogens is 2. The monoisotopic (exact) mass is 419 g/mol. The van der Waals surface area contributed by atoms with E-state index in [1.165, 1.54) is 29.5 Å². The number of thiazole rings is 1. The van der Waals surface area contributed by atoms with E-state index < -0.39 is 12.0 Å². The van der Waals surface area contributed by atoms with Crippen LogP contribution in [0, 0.1) is 18.6 Å². The van der Waals surface area contributed by atoms with Crippen LogP contribution in [-0.4, -0.2) is 22.5 Å². The molecule has 4 rings (SSSR count). The number of aliphatic hydroxyl groups is 1. The highest BCUT2D eigenvalue weighted by Gasteiger charge is 2.49. The Kier molecular flexibility index (Phi) is 5.70. The molecule has 0 bridgehead atoms. The summed E-state index contributed by atoms with van der Waals surface area (Å²) in [5, 5.41) is 10.3. The zero-order valence-corrected chi connectivity index (χ0v) is 16.9. The van der Waals surface area contributed by atoms with E-state index in [2.05, 4.69) is 4.98 Å². The van der Waals surface area contributed by atoms with Crippen LogP contribution in [0.2, 0.25) is 0 Å². The summed E-state index contributed by atoms with van der Waals surface area (Å²) < 4.78 is 27.5. The van der Waals surface area contributed by atoms with Crippen molar-refractivity contribution in [3.8, 4) is 10.6 Å². The van der Waals surface area contributed by atoms with Gasteiger partial charge in [-0.15, -0.1) is 11.3 Å². The second-order valence-electron chi connectivity index (χ2n) is 6.70. The van der Waals surface area contributed by atoms with E-state index in [-0.39, 0.29) is 30.9 Å². The van der Waals surface area contributed by atoms with Crippen molar-refractivity contribution in [2.24, 2.45) is 0 Å². The zero-order valence-electron chi connectivity index (χ0n) is 15.1. The van der Waals surface area contributed by atoms with Gasteiger partial charge in [0.05, 0.1) is 11.1 Å². The standard InChI is InChI=1S/C21H17F2NO2S.H2S/c1-12-15(3-2-4-16(12)23)21(18(26)11-25)10-9-17-19(21)27-20(24-17)13-5-7-14(22)8-6-13;/h2-8,25H,9-11H2,1H3;1H2/t21-;/m0./s1. The number of aromatic nitrogens is 1. The predicted molar refractivity (Wildman–Crippen MR) is 110 cm³/mol. The maximum Gasteiger partial charge on any atom is 0.173 e. The van der Waals surface area contributed by atoms with Crippen molar-refractivity contribution in [2.75, 3.05) is 6.61 Å². The Morgan fingerprint density at radius 1 is 1.21 bits per heavy atom. The average molecular weight is 420 g/mol. The highest BCUT2D eigenvalue weighted by atomic mass is 32.1. The number of aryl methyl sites for hydroxylation is 1. The van der Waals surface area contributed by atoms with Crippen molar-refractivity contribution in [1.82, 2.24) is 4.98 Å². The van der Waals surface area contributed by atoms with Gasteiger partial charge >= 0.3 is 0 Å². The number of hydrogen-bond donors (Lipinski definition) is 1. The van der Waals surface area contributed by atoms with Crippen molar-refractivity contribution < 1.29 is 18.7 Å². The molecular formula is C21H19F2NO2S2. The van der Waals surface area contributed by atoms with Crippen LogP contribution in [0.1, 0.15) is 28.1 Å². The first-order valence-corrected chi connectivity index (χ1v) is 9.45. The summed E-state index contributed by atoms with van der Waals surface area (Å²) in [6.45, 7) is 1.02. The SMILES string of the molecule is Cc1c(F)cccc1[C@]1(C(=O)CO)CCc2nc(-c3ccc(F)cc3)sc21.S. The second kappa shape index (κ2) is 7.73. The first-order valence-electron chi connectivity index (χ1n) is 8.63. The van der Waals surface area contributed by atoms with Gasteiger partial charge in [0.15, 0.2) is 5.78 Å². The third-order valence-corrected chi connectivity index (χ3v) is 6.57. The van der Waals surface area contributed by atoms with Crippen LogP contribution in [0.15, 0.2) is 42.5 Å². The van der Waals surface area contributed by atoms with E-state index >= 15 is 0 Å². The molecule has 3 nitrogen and oxygen atoms in total. The summed E-state index contributed by atoms with van der Waals surface area (Å²) in [6, 6.07) is 10.7. The molecule has 1 aliphatic carbocycles. The van der Waals surface area contributed by atoms with Gasteiger partial charge in [0.25, 0.3) is 0 Å². The highest BCUT2D eigenvalue weighted by molar-refractivity contribution is 7.59. The molecular weight excluding hydrogens is 400 g/mol. The topological polar surface area (TPSA) is 50.2 Å². The molecule has 1 aromatic heterocycles. The molecule has 1 aliphatic rings. The Morgan fingerprint density at radius 3 is 2.61 bits per heavy atom. The number of carbonyl (C=O) groups is 1. The summed E-state index contributed by atoms with van der Waals surface area (Å²) in [7, 11) is 0. The van der Waals surface area contributed by atoms with E-state index in [1.807, 2.05) is 0 Å². The average Bonchev–Trinajstić information content (AvgIpc) is 3.24. The molecule has 28 heavy (non-hydrogen) atoms. The Labute approximate surface area is 172 Å². The number of rotatable bonds is 4. The molecule has 0 unspecified atom stereocenters. The summed E-state index contributed by atoms with van der Waals surface area (Å²) >= 11 is 1.35. The summed E-state index contributed by atoms with van der Waals surface area (Å²) in [5.74, 6) is -1.07. The molecule has 0 aliphatic heterocycles. The van der Waals surface area contributed by atoms with Crippen LogP contribution in [0.4, 0.5) is 8.78 Å². The van der Waals surface area contributed by atoms with E-state index in [0.717, 1.165) is 16.1 Å². The van der Waals surface area contributed by atoms with Gasteiger partial charge in [-0.1, -0.05) is 12.1 Å². The molecule has 2 aromatic carbocycles. The first kappa shape index (κ1) is 20.6. The molecule has 0 radical (unpaired) electrons. The van der Waals surface area contributed by atoms with Crippen LogP contribution in [0.5, 0.6) is 0 Å². The van der Waals surface area contributed by atoms with E-state index in [9.17, 15) is 18.7 Å².